The fraction of sp³-hybridized carbons (Fsp3) is 0.571. The first-order chi connectivity index (χ1) is 7.74. The largest absolute Gasteiger partial charge is 0.508 e. The van der Waals surface area contributed by atoms with Crippen LogP contribution < -0.4 is 5.32 Å². The van der Waals surface area contributed by atoms with E-state index in [1.807, 2.05) is 6.07 Å². The summed E-state index contributed by atoms with van der Waals surface area (Å²) in [7, 11) is 0. The lowest BCUT2D eigenvalue weighted by molar-refractivity contribution is 0.392. The first-order valence-electron chi connectivity index (χ1n) is 6.28. The van der Waals surface area contributed by atoms with Crippen molar-refractivity contribution in [2.24, 2.45) is 0 Å². The number of phenolic OH excluding ortho intramolecular Hbond substituents is 1. The molecule has 0 spiro atoms. The SMILES string of the molecule is CCCN[C@H]1CCc2c(O)cccc2[C@@H]1C. The van der Waals surface area contributed by atoms with Crippen molar-refractivity contribution in [3.8, 4) is 5.75 Å². The Morgan fingerprint density at radius 1 is 1.44 bits per heavy atom. The zero-order valence-corrected chi connectivity index (χ0v) is 10.2. The Hall–Kier alpha value is -1.02. The van der Waals surface area contributed by atoms with Crippen LogP contribution in [-0.4, -0.2) is 17.7 Å². The first-order valence-corrected chi connectivity index (χ1v) is 6.28. The summed E-state index contributed by atoms with van der Waals surface area (Å²) in [4.78, 5) is 0. The highest BCUT2D eigenvalue weighted by atomic mass is 16.3. The van der Waals surface area contributed by atoms with Crippen LogP contribution in [0, 0.1) is 0 Å². The molecule has 0 saturated carbocycles. The molecule has 1 aliphatic carbocycles. The molecule has 1 aliphatic rings. The van der Waals surface area contributed by atoms with E-state index in [9.17, 15) is 5.11 Å². The lowest BCUT2D eigenvalue weighted by Crippen LogP contribution is -2.37. The zero-order valence-electron chi connectivity index (χ0n) is 10.2. The van der Waals surface area contributed by atoms with Crippen molar-refractivity contribution in [3.05, 3.63) is 29.3 Å². The van der Waals surface area contributed by atoms with E-state index >= 15 is 0 Å². The smallest absolute Gasteiger partial charge is 0.119 e. The van der Waals surface area contributed by atoms with Crippen LogP contribution >= 0.6 is 0 Å². The molecule has 0 radical (unpaired) electrons. The van der Waals surface area contributed by atoms with Gasteiger partial charge in [-0.25, -0.2) is 0 Å². The molecule has 0 saturated heterocycles. The number of aromatic hydroxyl groups is 1. The van der Waals surface area contributed by atoms with E-state index in [0.29, 0.717) is 17.7 Å². The number of hydrogen-bond donors (Lipinski definition) is 2. The molecule has 1 aromatic rings. The maximum absolute atomic E-state index is 9.82. The van der Waals surface area contributed by atoms with Crippen LogP contribution in [0.25, 0.3) is 0 Å². The van der Waals surface area contributed by atoms with Gasteiger partial charge in [-0.3, -0.25) is 0 Å². The molecule has 2 N–H and O–H groups in total. The van der Waals surface area contributed by atoms with E-state index < -0.39 is 0 Å². The third-order valence-electron chi connectivity index (χ3n) is 3.64. The lowest BCUT2D eigenvalue weighted by Gasteiger charge is -2.32. The highest BCUT2D eigenvalue weighted by Crippen LogP contribution is 2.35. The quantitative estimate of drug-likeness (QED) is 0.819. The fourth-order valence-corrected chi connectivity index (χ4v) is 2.67. The lowest BCUT2D eigenvalue weighted by atomic mass is 9.80. The van der Waals surface area contributed by atoms with E-state index in [0.717, 1.165) is 24.9 Å². The van der Waals surface area contributed by atoms with Crippen LogP contribution in [0.3, 0.4) is 0 Å². The Balaban J connectivity index is 2.18. The number of nitrogens with one attached hydrogen (secondary N) is 1. The Morgan fingerprint density at radius 3 is 3.00 bits per heavy atom. The molecular formula is C14H21NO. The number of fused-ring (bicyclic) bond motifs is 1. The standard InChI is InChI=1S/C14H21NO/c1-3-9-15-13-8-7-12-11(10(13)2)5-4-6-14(12)16/h4-6,10,13,15-16H,3,7-9H2,1-2H3/t10-,13-/m0/s1. The molecule has 16 heavy (non-hydrogen) atoms. The zero-order chi connectivity index (χ0) is 11.5. The summed E-state index contributed by atoms with van der Waals surface area (Å²) in [6.07, 6.45) is 3.30. The van der Waals surface area contributed by atoms with Crippen molar-refractivity contribution in [1.82, 2.24) is 5.32 Å². The Kier molecular flexibility index (Phi) is 3.49. The van der Waals surface area contributed by atoms with Crippen LogP contribution in [0.1, 0.15) is 43.7 Å². The van der Waals surface area contributed by atoms with Crippen molar-refractivity contribution < 1.29 is 5.11 Å². The number of rotatable bonds is 3. The van der Waals surface area contributed by atoms with E-state index in [2.05, 4.69) is 25.2 Å². The van der Waals surface area contributed by atoms with E-state index in [4.69, 9.17) is 0 Å². The summed E-state index contributed by atoms with van der Waals surface area (Å²) in [6, 6.07) is 6.46. The molecule has 1 aromatic carbocycles. The van der Waals surface area contributed by atoms with Gasteiger partial charge < -0.3 is 10.4 Å². The molecule has 2 heteroatoms. The second-order valence-electron chi connectivity index (χ2n) is 4.73. The third-order valence-corrected chi connectivity index (χ3v) is 3.64. The summed E-state index contributed by atoms with van der Waals surface area (Å²) < 4.78 is 0. The normalized spacial score (nSPS) is 24.1. The molecule has 0 heterocycles. The Morgan fingerprint density at radius 2 is 2.25 bits per heavy atom. The van der Waals surface area contributed by atoms with Gasteiger partial charge in [-0.1, -0.05) is 26.0 Å². The predicted molar refractivity (Wildman–Crippen MR) is 66.9 cm³/mol. The summed E-state index contributed by atoms with van der Waals surface area (Å²) in [6.45, 7) is 5.54. The second-order valence-corrected chi connectivity index (χ2v) is 4.73. The number of benzene rings is 1. The molecule has 88 valence electrons. The second kappa shape index (κ2) is 4.88. The van der Waals surface area contributed by atoms with Gasteiger partial charge in [-0.05, 0) is 48.9 Å². The van der Waals surface area contributed by atoms with Gasteiger partial charge in [0.25, 0.3) is 0 Å². The van der Waals surface area contributed by atoms with Gasteiger partial charge in [0.05, 0.1) is 0 Å². The van der Waals surface area contributed by atoms with Gasteiger partial charge in [0, 0.05) is 6.04 Å². The highest BCUT2D eigenvalue weighted by molar-refractivity contribution is 5.43. The van der Waals surface area contributed by atoms with Crippen molar-refractivity contribution in [2.45, 2.75) is 45.1 Å². The van der Waals surface area contributed by atoms with Gasteiger partial charge in [0.2, 0.25) is 0 Å². The summed E-state index contributed by atoms with van der Waals surface area (Å²) in [5, 5.41) is 13.4. The van der Waals surface area contributed by atoms with Gasteiger partial charge in [0.1, 0.15) is 5.75 Å². The van der Waals surface area contributed by atoms with E-state index in [-0.39, 0.29) is 0 Å². The minimum atomic E-state index is 0.471. The van der Waals surface area contributed by atoms with Crippen LogP contribution in [0.15, 0.2) is 18.2 Å². The molecule has 0 fully saturated rings. The van der Waals surface area contributed by atoms with Crippen LogP contribution in [0.2, 0.25) is 0 Å². The highest BCUT2D eigenvalue weighted by Gasteiger charge is 2.26. The molecule has 2 nitrogen and oxygen atoms in total. The summed E-state index contributed by atoms with van der Waals surface area (Å²) in [5.74, 6) is 0.973. The van der Waals surface area contributed by atoms with Gasteiger partial charge >= 0.3 is 0 Å². The maximum Gasteiger partial charge on any atom is 0.119 e. The van der Waals surface area contributed by atoms with Crippen molar-refractivity contribution in [1.29, 1.82) is 0 Å². The van der Waals surface area contributed by atoms with Crippen molar-refractivity contribution in [3.63, 3.8) is 0 Å². The van der Waals surface area contributed by atoms with Crippen LogP contribution in [0.5, 0.6) is 5.75 Å². The van der Waals surface area contributed by atoms with Crippen molar-refractivity contribution >= 4 is 0 Å². The van der Waals surface area contributed by atoms with Gasteiger partial charge in [0.15, 0.2) is 0 Å². The summed E-state index contributed by atoms with van der Waals surface area (Å²) >= 11 is 0. The van der Waals surface area contributed by atoms with Gasteiger partial charge in [-0.2, -0.15) is 0 Å². The molecule has 0 unspecified atom stereocenters. The van der Waals surface area contributed by atoms with Crippen LogP contribution in [0.4, 0.5) is 0 Å². The number of phenols is 1. The van der Waals surface area contributed by atoms with E-state index in [1.54, 1.807) is 6.07 Å². The Labute approximate surface area is 97.7 Å². The molecule has 0 aliphatic heterocycles. The molecule has 0 amide bonds. The topological polar surface area (TPSA) is 32.3 Å². The average Bonchev–Trinajstić information content (AvgIpc) is 2.29. The molecule has 0 bridgehead atoms. The molecule has 2 rings (SSSR count). The predicted octanol–water partition coefficient (Wildman–Crippen LogP) is 2.81. The molecule has 2 atom stereocenters. The third kappa shape index (κ3) is 2.07. The maximum atomic E-state index is 9.82. The fourth-order valence-electron chi connectivity index (χ4n) is 2.67. The minimum Gasteiger partial charge on any atom is -0.508 e. The number of hydrogen-bond acceptors (Lipinski definition) is 2. The summed E-state index contributed by atoms with van der Waals surface area (Å²) in [5.41, 5.74) is 2.48. The first kappa shape index (κ1) is 11.5. The monoisotopic (exact) mass is 219 g/mol. The molecule has 0 aromatic heterocycles. The van der Waals surface area contributed by atoms with E-state index in [1.165, 1.54) is 12.0 Å². The average molecular weight is 219 g/mol. The van der Waals surface area contributed by atoms with Crippen LogP contribution in [-0.2, 0) is 6.42 Å². The Bertz CT molecular complexity index is 362. The van der Waals surface area contributed by atoms with Crippen molar-refractivity contribution in [2.75, 3.05) is 6.54 Å². The minimum absolute atomic E-state index is 0.471. The van der Waals surface area contributed by atoms with Gasteiger partial charge in [-0.15, -0.1) is 0 Å². The molecular weight excluding hydrogens is 198 g/mol.